The smallest absolute Gasteiger partial charge is 0.237 e. The van der Waals surface area contributed by atoms with Crippen molar-refractivity contribution in [2.24, 2.45) is 5.73 Å². The summed E-state index contributed by atoms with van der Waals surface area (Å²) in [6.07, 6.45) is 2.12. The number of hydrogen-bond acceptors (Lipinski definition) is 3. The van der Waals surface area contributed by atoms with Crippen molar-refractivity contribution in [2.75, 3.05) is 13.1 Å². The second kappa shape index (κ2) is 6.62. The van der Waals surface area contributed by atoms with E-state index in [0.717, 1.165) is 19.4 Å². The summed E-state index contributed by atoms with van der Waals surface area (Å²) >= 11 is 0. The molecule has 14 heavy (non-hydrogen) atoms. The van der Waals surface area contributed by atoms with E-state index in [-0.39, 0.29) is 36.7 Å². The molecule has 4 N–H and O–H groups in total. The Morgan fingerprint density at radius 2 is 2.21 bits per heavy atom. The third kappa shape index (κ3) is 4.43. The molecule has 0 aliphatic carbocycles. The number of hydrogen-bond donors (Lipinski definition) is 3. The quantitative estimate of drug-likeness (QED) is 0.578. The zero-order chi connectivity index (χ0) is 9.68. The van der Waals surface area contributed by atoms with Crippen molar-refractivity contribution < 1.29 is 9.59 Å². The molecule has 1 saturated heterocycles. The molecule has 1 aliphatic rings. The van der Waals surface area contributed by atoms with E-state index in [1.807, 2.05) is 0 Å². The third-order valence-electron chi connectivity index (χ3n) is 2.05. The van der Waals surface area contributed by atoms with Crippen LogP contribution in [0.3, 0.4) is 0 Å². The van der Waals surface area contributed by atoms with Crippen LogP contribution in [-0.4, -0.2) is 30.9 Å². The zero-order valence-electron chi connectivity index (χ0n) is 7.91. The van der Waals surface area contributed by atoms with E-state index in [1.165, 1.54) is 0 Å². The van der Waals surface area contributed by atoms with Gasteiger partial charge in [-0.2, -0.15) is 0 Å². The van der Waals surface area contributed by atoms with Crippen LogP contribution >= 0.6 is 12.4 Å². The van der Waals surface area contributed by atoms with Crippen LogP contribution in [0.2, 0.25) is 0 Å². The van der Waals surface area contributed by atoms with Crippen LogP contribution in [0, 0.1) is 0 Å². The second-order valence-electron chi connectivity index (χ2n) is 3.16. The van der Waals surface area contributed by atoms with E-state index in [4.69, 9.17) is 5.73 Å². The van der Waals surface area contributed by atoms with Gasteiger partial charge in [-0.3, -0.25) is 9.59 Å². The second-order valence-corrected chi connectivity index (χ2v) is 3.16. The standard InChI is InChI=1S/C8H15N3O2.ClH/c9-7(12)3-5-11-8(13)6-2-1-4-10-6;/h6,10H,1-5H2,(H2,9,12)(H,11,13);1H/t6-;/m0./s1. The molecule has 0 unspecified atom stereocenters. The first kappa shape index (κ1) is 13.2. The topological polar surface area (TPSA) is 84.2 Å². The lowest BCUT2D eigenvalue weighted by Gasteiger charge is -2.09. The van der Waals surface area contributed by atoms with Crippen LogP contribution in [0.1, 0.15) is 19.3 Å². The lowest BCUT2D eigenvalue weighted by Crippen LogP contribution is -2.41. The van der Waals surface area contributed by atoms with E-state index in [0.29, 0.717) is 6.54 Å². The molecule has 0 radical (unpaired) electrons. The minimum Gasteiger partial charge on any atom is -0.370 e. The average Bonchev–Trinajstić information content (AvgIpc) is 2.55. The van der Waals surface area contributed by atoms with Gasteiger partial charge in [0, 0.05) is 13.0 Å². The number of halogens is 1. The molecule has 0 aromatic carbocycles. The van der Waals surface area contributed by atoms with Gasteiger partial charge in [0.1, 0.15) is 0 Å². The molecule has 0 saturated carbocycles. The summed E-state index contributed by atoms with van der Waals surface area (Å²) in [4.78, 5) is 21.7. The van der Waals surface area contributed by atoms with Crippen LogP contribution < -0.4 is 16.4 Å². The Morgan fingerprint density at radius 3 is 2.71 bits per heavy atom. The highest BCUT2D eigenvalue weighted by Gasteiger charge is 2.21. The van der Waals surface area contributed by atoms with Crippen molar-refractivity contribution >= 4 is 24.2 Å². The maximum absolute atomic E-state index is 11.3. The molecule has 6 heteroatoms. The van der Waals surface area contributed by atoms with E-state index in [1.54, 1.807) is 0 Å². The maximum atomic E-state index is 11.3. The largest absolute Gasteiger partial charge is 0.370 e. The summed E-state index contributed by atoms with van der Waals surface area (Å²) in [5, 5.41) is 5.72. The van der Waals surface area contributed by atoms with E-state index >= 15 is 0 Å². The number of primary amides is 1. The molecular weight excluding hydrogens is 206 g/mol. The first-order valence-corrected chi connectivity index (χ1v) is 4.49. The lowest BCUT2D eigenvalue weighted by atomic mass is 10.2. The molecule has 0 bridgehead atoms. The molecule has 0 spiro atoms. The zero-order valence-corrected chi connectivity index (χ0v) is 8.73. The summed E-state index contributed by atoms with van der Waals surface area (Å²) in [5.74, 6) is -0.418. The van der Waals surface area contributed by atoms with Gasteiger partial charge < -0.3 is 16.4 Å². The molecular formula is C8H16ClN3O2. The maximum Gasteiger partial charge on any atom is 0.237 e. The number of nitrogens with one attached hydrogen (secondary N) is 2. The van der Waals surface area contributed by atoms with Gasteiger partial charge in [-0.05, 0) is 19.4 Å². The van der Waals surface area contributed by atoms with Gasteiger partial charge in [-0.15, -0.1) is 12.4 Å². The lowest BCUT2D eigenvalue weighted by molar-refractivity contribution is -0.123. The highest BCUT2D eigenvalue weighted by Crippen LogP contribution is 2.04. The predicted octanol–water partition coefficient (Wildman–Crippen LogP) is -0.848. The van der Waals surface area contributed by atoms with Crippen molar-refractivity contribution in [1.82, 2.24) is 10.6 Å². The molecule has 0 aromatic heterocycles. The van der Waals surface area contributed by atoms with Gasteiger partial charge in [-0.1, -0.05) is 0 Å². The van der Waals surface area contributed by atoms with Gasteiger partial charge >= 0.3 is 0 Å². The summed E-state index contributed by atoms with van der Waals surface area (Å²) in [5.41, 5.74) is 4.93. The number of rotatable bonds is 4. The molecule has 1 rings (SSSR count). The monoisotopic (exact) mass is 221 g/mol. The Hall–Kier alpha value is -0.810. The Bertz CT molecular complexity index is 205. The molecule has 1 heterocycles. The van der Waals surface area contributed by atoms with Crippen molar-refractivity contribution in [3.63, 3.8) is 0 Å². The van der Waals surface area contributed by atoms with E-state index in [2.05, 4.69) is 10.6 Å². The Kier molecular flexibility index (Phi) is 6.23. The summed E-state index contributed by atoms with van der Waals surface area (Å²) in [6.45, 7) is 1.24. The van der Waals surface area contributed by atoms with Crippen LogP contribution in [0.4, 0.5) is 0 Å². The molecule has 1 fully saturated rings. The number of amides is 2. The minimum absolute atomic E-state index is 0. The predicted molar refractivity (Wildman–Crippen MR) is 55.1 cm³/mol. The van der Waals surface area contributed by atoms with E-state index < -0.39 is 0 Å². The molecule has 1 atom stereocenters. The molecule has 1 aliphatic heterocycles. The van der Waals surface area contributed by atoms with Gasteiger partial charge in [0.15, 0.2) is 0 Å². The SMILES string of the molecule is Cl.NC(=O)CCNC(=O)[C@@H]1CCCN1. The van der Waals surface area contributed by atoms with Gasteiger partial charge in [0.25, 0.3) is 0 Å². The summed E-state index contributed by atoms with van der Waals surface area (Å²) < 4.78 is 0. The number of carbonyl (C=O) groups excluding carboxylic acids is 2. The van der Waals surface area contributed by atoms with Crippen LogP contribution in [0.25, 0.3) is 0 Å². The Balaban J connectivity index is 0.00000169. The third-order valence-corrected chi connectivity index (χ3v) is 2.05. The van der Waals surface area contributed by atoms with Crippen LogP contribution in [0.5, 0.6) is 0 Å². The van der Waals surface area contributed by atoms with Gasteiger partial charge in [0.05, 0.1) is 6.04 Å². The average molecular weight is 222 g/mol. The van der Waals surface area contributed by atoms with Gasteiger partial charge in [0.2, 0.25) is 11.8 Å². The molecule has 5 nitrogen and oxygen atoms in total. The Labute approximate surface area is 89.2 Å². The Morgan fingerprint density at radius 1 is 1.50 bits per heavy atom. The van der Waals surface area contributed by atoms with Gasteiger partial charge in [-0.25, -0.2) is 0 Å². The molecule has 82 valence electrons. The van der Waals surface area contributed by atoms with Crippen molar-refractivity contribution in [3.8, 4) is 0 Å². The molecule has 0 aromatic rings. The normalized spacial score (nSPS) is 19.9. The fourth-order valence-electron chi connectivity index (χ4n) is 1.34. The van der Waals surface area contributed by atoms with Crippen molar-refractivity contribution in [1.29, 1.82) is 0 Å². The number of nitrogens with two attached hydrogens (primary N) is 1. The summed E-state index contributed by atoms with van der Waals surface area (Å²) in [7, 11) is 0. The highest BCUT2D eigenvalue weighted by molar-refractivity contribution is 5.85. The van der Waals surface area contributed by atoms with Crippen LogP contribution in [-0.2, 0) is 9.59 Å². The fourth-order valence-corrected chi connectivity index (χ4v) is 1.34. The first-order chi connectivity index (χ1) is 6.20. The fraction of sp³-hybridized carbons (Fsp3) is 0.750. The summed E-state index contributed by atoms with van der Waals surface area (Å²) in [6, 6.07) is -0.0760. The minimum atomic E-state index is -0.389. The molecule has 2 amide bonds. The van der Waals surface area contributed by atoms with Crippen molar-refractivity contribution in [3.05, 3.63) is 0 Å². The van der Waals surface area contributed by atoms with Crippen LogP contribution in [0.15, 0.2) is 0 Å². The number of carbonyl (C=O) groups is 2. The highest BCUT2D eigenvalue weighted by atomic mass is 35.5. The van der Waals surface area contributed by atoms with Crippen molar-refractivity contribution in [2.45, 2.75) is 25.3 Å². The van der Waals surface area contributed by atoms with E-state index in [9.17, 15) is 9.59 Å². The first-order valence-electron chi connectivity index (χ1n) is 4.49.